The number of rotatable bonds is 5. The van der Waals surface area contributed by atoms with Crippen LogP contribution in [0.5, 0.6) is 0 Å². The van der Waals surface area contributed by atoms with Crippen LogP contribution >= 0.6 is 0 Å². The van der Waals surface area contributed by atoms with Gasteiger partial charge < -0.3 is 19.6 Å². The number of anilines is 2. The minimum absolute atomic E-state index is 0.0981. The Bertz CT molecular complexity index is 1510. The van der Waals surface area contributed by atoms with E-state index in [1.165, 1.54) is 0 Å². The number of fused-ring (bicyclic) bond motifs is 1. The average Bonchev–Trinajstić information content (AvgIpc) is 3.58. The summed E-state index contributed by atoms with van der Waals surface area (Å²) in [7, 11) is 0. The maximum atomic E-state index is 13.0. The zero-order valence-electron chi connectivity index (χ0n) is 18.4. The molecule has 2 aromatic heterocycles. The molecule has 1 unspecified atom stereocenters. The van der Waals surface area contributed by atoms with Crippen molar-refractivity contribution in [1.82, 2.24) is 19.7 Å². The summed E-state index contributed by atoms with van der Waals surface area (Å²) in [5.74, 6) is 0.00192. The summed E-state index contributed by atoms with van der Waals surface area (Å²) in [6, 6.07) is 25.0. The summed E-state index contributed by atoms with van der Waals surface area (Å²) in [5, 5.41) is 14.1. The molecule has 0 fully saturated rings. The van der Waals surface area contributed by atoms with E-state index >= 15 is 0 Å². The van der Waals surface area contributed by atoms with Crippen molar-refractivity contribution >= 4 is 23.3 Å². The number of nitrogens with one attached hydrogen (secondary N) is 2. The van der Waals surface area contributed by atoms with E-state index in [1.807, 2.05) is 89.6 Å². The molecule has 0 aliphatic carbocycles. The molecule has 3 heterocycles. The predicted octanol–water partition coefficient (Wildman–Crippen LogP) is 4.15. The van der Waals surface area contributed by atoms with Gasteiger partial charge in [-0.1, -0.05) is 53.6 Å². The van der Waals surface area contributed by atoms with Gasteiger partial charge in [0, 0.05) is 34.8 Å². The number of hydrogen-bond acceptors (Lipinski definition) is 7. The van der Waals surface area contributed by atoms with Crippen LogP contribution in [0.3, 0.4) is 0 Å². The van der Waals surface area contributed by atoms with Gasteiger partial charge in [-0.2, -0.15) is 0 Å². The van der Waals surface area contributed by atoms with E-state index in [4.69, 9.17) is 9.41 Å². The van der Waals surface area contributed by atoms with Crippen molar-refractivity contribution in [3.05, 3.63) is 109 Å². The third-order valence-corrected chi connectivity index (χ3v) is 5.60. The smallest absolute Gasteiger partial charge is 0.317 e. The van der Waals surface area contributed by atoms with Gasteiger partial charge in [0.2, 0.25) is 12.1 Å². The van der Waals surface area contributed by atoms with Crippen LogP contribution in [0.1, 0.15) is 11.1 Å². The monoisotopic (exact) mass is 461 g/mol. The molecular formula is C26H19N7O2. The number of benzodiazepines with no additional fused rings is 1. The van der Waals surface area contributed by atoms with Crippen LogP contribution in [-0.2, 0) is 4.79 Å². The van der Waals surface area contributed by atoms with E-state index in [1.54, 1.807) is 12.5 Å². The Balaban J connectivity index is 1.29. The number of aromatic nitrogens is 4. The van der Waals surface area contributed by atoms with E-state index in [0.29, 0.717) is 17.3 Å². The highest BCUT2D eigenvalue weighted by atomic mass is 16.4. The number of carbonyl (C=O) groups excluding carboxylic acids is 1. The van der Waals surface area contributed by atoms with E-state index < -0.39 is 6.17 Å². The van der Waals surface area contributed by atoms with Crippen LogP contribution in [0.15, 0.2) is 107 Å². The Hall–Kier alpha value is -5.05. The standard InChI is InChI=1S/C26H19N7O2/c34-24-23(29-22(17-6-2-1-3-7-17)20-8-4-5-9-21(20)28-24)30-26-32-31-25(35-26)18-10-12-19(13-11-18)33-15-14-27-16-33/h1-16,23H,(H,28,34)(H,30,32). The third kappa shape index (κ3) is 4.06. The molecule has 5 aromatic rings. The number of hydrogen-bond donors (Lipinski definition) is 2. The second kappa shape index (κ2) is 8.71. The molecule has 1 atom stereocenters. The molecule has 9 heteroatoms. The maximum Gasteiger partial charge on any atom is 0.317 e. The molecule has 0 saturated heterocycles. The fourth-order valence-electron chi connectivity index (χ4n) is 3.88. The minimum Gasteiger partial charge on any atom is -0.403 e. The lowest BCUT2D eigenvalue weighted by molar-refractivity contribution is -0.116. The van der Waals surface area contributed by atoms with Crippen LogP contribution in [0, 0.1) is 0 Å². The lowest BCUT2D eigenvalue weighted by Crippen LogP contribution is -2.32. The minimum atomic E-state index is -0.963. The summed E-state index contributed by atoms with van der Waals surface area (Å²) < 4.78 is 7.71. The van der Waals surface area contributed by atoms with Crippen molar-refractivity contribution in [2.24, 2.45) is 4.99 Å². The summed E-state index contributed by atoms with van der Waals surface area (Å²) in [6.07, 6.45) is 4.35. The maximum absolute atomic E-state index is 13.0. The van der Waals surface area contributed by atoms with E-state index in [9.17, 15) is 4.79 Å². The molecule has 3 aromatic carbocycles. The summed E-state index contributed by atoms with van der Waals surface area (Å²) in [5.41, 5.74) is 4.82. The fraction of sp³-hybridized carbons (Fsp3) is 0.0385. The van der Waals surface area contributed by atoms with E-state index in [2.05, 4.69) is 25.8 Å². The van der Waals surface area contributed by atoms with Crippen molar-refractivity contribution < 1.29 is 9.21 Å². The second-order valence-corrected chi connectivity index (χ2v) is 7.85. The van der Waals surface area contributed by atoms with Crippen LogP contribution in [-0.4, -0.2) is 37.5 Å². The van der Waals surface area contributed by atoms with Gasteiger partial charge in [-0.05, 0) is 30.3 Å². The highest BCUT2D eigenvalue weighted by Gasteiger charge is 2.27. The largest absolute Gasteiger partial charge is 0.403 e. The molecule has 1 aliphatic heterocycles. The van der Waals surface area contributed by atoms with Gasteiger partial charge in [-0.15, -0.1) is 5.10 Å². The Morgan fingerprint density at radius 2 is 1.69 bits per heavy atom. The lowest BCUT2D eigenvalue weighted by Gasteiger charge is -2.11. The van der Waals surface area contributed by atoms with Crippen LogP contribution in [0.4, 0.5) is 11.7 Å². The van der Waals surface area contributed by atoms with Crippen molar-refractivity contribution in [3.63, 3.8) is 0 Å². The lowest BCUT2D eigenvalue weighted by atomic mass is 10.0. The van der Waals surface area contributed by atoms with Gasteiger partial charge in [0.05, 0.1) is 17.7 Å². The average molecular weight is 461 g/mol. The first kappa shape index (κ1) is 20.5. The van der Waals surface area contributed by atoms with Crippen LogP contribution in [0.25, 0.3) is 17.1 Å². The van der Waals surface area contributed by atoms with Crippen molar-refractivity contribution in [2.45, 2.75) is 6.17 Å². The Morgan fingerprint density at radius 3 is 2.49 bits per heavy atom. The van der Waals surface area contributed by atoms with E-state index in [0.717, 1.165) is 22.4 Å². The fourth-order valence-corrected chi connectivity index (χ4v) is 3.88. The molecule has 0 spiro atoms. The molecule has 170 valence electrons. The highest BCUT2D eigenvalue weighted by molar-refractivity contribution is 6.19. The molecule has 2 N–H and O–H groups in total. The van der Waals surface area contributed by atoms with Crippen molar-refractivity contribution in [2.75, 3.05) is 10.6 Å². The van der Waals surface area contributed by atoms with Gasteiger partial charge in [0.25, 0.3) is 5.91 Å². The molecule has 1 aliphatic rings. The molecule has 9 nitrogen and oxygen atoms in total. The normalized spacial score (nSPS) is 15.0. The van der Waals surface area contributed by atoms with Gasteiger partial charge >= 0.3 is 6.01 Å². The van der Waals surface area contributed by atoms with Crippen molar-refractivity contribution in [3.8, 4) is 17.1 Å². The second-order valence-electron chi connectivity index (χ2n) is 7.85. The molecule has 6 rings (SSSR count). The van der Waals surface area contributed by atoms with Gasteiger partial charge in [0.15, 0.2) is 0 Å². The highest BCUT2D eigenvalue weighted by Crippen LogP contribution is 2.26. The molecular weight excluding hydrogens is 442 g/mol. The van der Waals surface area contributed by atoms with Crippen LogP contribution in [0.2, 0.25) is 0 Å². The molecule has 1 amide bonds. The zero-order chi connectivity index (χ0) is 23.6. The van der Waals surface area contributed by atoms with Gasteiger partial charge in [0.1, 0.15) is 0 Å². The van der Waals surface area contributed by atoms with E-state index in [-0.39, 0.29) is 11.9 Å². The first-order valence-corrected chi connectivity index (χ1v) is 11.0. The zero-order valence-corrected chi connectivity index (χ0v) is 18.4. The Kier molecular flexibility index (Phi) is 5.12. The first-order chi connectivity index (χ1) is 17.2. The third-order valence-electron chi connectivity index (χ3n) is 5.60. The first-order valence-electron chi connectivity index (χ1n) is 11.0. The van der Waals surface area contributed by atoms with Gasteiger partial charge in [-0.3, -0.25) is 4.79 Å². The number of para-hydroxylation sites is 1. The summed E-state index contributed by atoms with van der Waals surface area (Å²) >= 11 is 0. The quantitative estimate of drug-likeness (QED) is 0.407. The van der Waals surface area contributed by atoms with Crippen molar-refractivity contribution in [1.29, 1.82) is 0 Å². The molecule has 0 radical (unpaired) electrons. The number of benzene rings is 3. The summed E-state index contributed by atoms with van der Waals surface area (Å²) in [6.45, 7) is 0. The molecule has 0 bridgehead atoms. The van der Waals surface area contributed by atoms with Gasteiger partial charge in [-0.25, -0.2) is 9.98 Å². The Morgan fingerprint density at radius 1 is 0.886 bits per heavy atom. The topological polar surface area (TPSA) is 110 Å². The molecule has 35 heavy (non-hydrogen) atoms. The molecule has 0 saturated carbocycles. The Labute approximate surface area is 200 Å². The predicted molar refractivity (Wildman–Crippen MR) is 131 cm³/mol. The number of carbonyl (C=O) groups is 1. The summed E-state index contributed by atoms with van der Waals surface area (Å²) in [4.78, 5) is 21.8. The number of amides is 1. The SMILES string of the molecule is O=C1Nc2ccccc2C(c2ccccc2)=NC1Nc1nnc(-c2ccc(-n3ccnc3)cc2)o1. The number of nitrogens with zero attached hydrogens (tertiary/aromatic N) is 5. The number of imidazole rings is 1. The number of aliphatic imine (C=N–C) groups is 1. The van der Waals surface area contributed by atoms with Crippen LogP contribution < -0.4 is 10.6 Å².